The number of pyridine rings is 1. The lowest BCUT2D eigenvalue weighted by Gasteiger charge is -2.02. The molecule has 0 fully saturated rings. The standard InChI is InChI=1S/C9H8N3/c10-8-5-12-9(11)7-4-2-1-3-6(7)8/h1,3-5H,10H2,(H2,11,12). The summed E-state index contributed by atoms with van der Waals surface area (Å²) in [4.78, 5) is 3.94. The van der Waals surface area contributed by atoms with Crippen molar-refractivity contribution in [1.82, 2.24) is 4.98 Å². The first-order valence-electron chi connectivity index (χ1n) is 3.59. The summed E-state index contributed by atoms with van der Waals surface area (Å²) < 4.78 is 0. The first-order chi connectivity index (χ1) is 5.79. The summed E-state index contributed by atoms with van der Waals surface area (Å²) in [5.74, 6) is 0.496. The predicted octanol–water partition coefficient (Wildman–Crippen LogP) is 1.20. The van der Waals surface area contributed by atoms with Crippen LogP contribution in [0.2, 0.25) is 0 Å². The van der Waals surface area contributed by atoms with Gasteiger partial charge in [0, 0.05) is 10.8 Å². The molecule has 0 amide bonds. The van der Waals surface area contributed by atoms with Crippen LogP contribution in [0.5, 0.6) is 0 Å². The van der Waals surface area contributed by atoms with Gasteiger partial charge in [0.2, 0.25) is 0 Å². The Kier molecular flexibility index (Phi) is 1.37. The Morgan fingerprint density at radius 2 is 2.08 bits per heavy atom. The fraction of sp³-hybridized carbons (Fsp3) is 0. The molecule has 0 bridgehead atoms. The van der Waals surface area contributed by atoms with Crippen molar-refractivity contribution < 1.29 is 0 Å². The van der Waals surface area contributed by atoms with Gasteiger partial charge in [0.05, 0.1) is 11.9 Å². The molecule has 59 valence electrons. The summed E-state index contributed by atoms with van der Waals surface area (Å²) in [5, 5.41) is 1.79. The highest BCUT2D eigenvalue weighted by molar-refractivity contribution is 5.98. The van der Waals surface area contributed by atoms with Crippen LogP contribution in [0.1, 0.15) is 0 Å². The molecule has 1 radical (unpaired) electrons. The van der Waals surface area contributed by atoms with E-state index in [0.29, 0.717) is 11.5 Å². The van der Waals surface area contributed by atoms with E-state index in [2.05, 4.69) is 11.1 Å². The molecule has 1 aromatic heterocycles. The van der Waals surface area contributed by atoms with E-state index < -0.39 is 0 Å². The summed E-state index contributed by atoms with van der Waals surface area (Å²) in [6.07, 6.45) is 1.57. The van der Waals surface area contributed by atoms with Crippen molar-refractivity contribution in [2.24, 2.45) is 0 Å². The van der Waals surface area contributed by atoms with Gasteiger partial charge in [-0.15, -0.1) is 0 Å². The molecule has 2 rings (SSSR count). The monoisotopic (exact) mass is 158 g/mol. The van der Waals surface area contributed by atoms with Crippen LogP contribution in [0.3, 0.4) is 0 Å². The largest absolute Gasteiger partial charge is 0.397 e. The third-order valence-corrected chi connectivity index (χ3v) is 1.79. The molecule has 2 aromatic rings. The molecule has 12 heavy (non-hydrogen) atoms. The van der Waals surface area contributed by atoms with Crippen molar-refractivity contribution in [1.29, 1.82) is 0 Å². The Hall–Kier alpha value is -1.77. The molecule has 4 N–H and O–H groups in total. The summed E-state index contributed by atoms with van der Waals surface area (Å²) in [6, 6.07) is 8.40. The number of hydrogen-bond acceptors (Lipinski definition) is 3. The molecule has 0 atom stereocenters. The van der Waals surface area contributed by atoms with Gasteiger partial charge in [-0.05, 0) is 12.1 Å². The SMILES string of the molecule is Nc1cnc(N)c2c[c]ccc12. The zero-order valence-electron chi connectivity index (χ0n) is 6.41. The van der Waals surface area contributed by atoms with Gasteiger partial charge in [0.15, 0.2) is 0 Å². The van der Waals surface area contributed by atoms with Crippen LogP contribution < -0.4 is 11.5 Å². The van der Waals surface area contributed by atoms with Crippen LogP contribution in [0.25, 0.3) is 10.8 Å². The van der Waals surface area contributed by atoms with Gasteiger partial charge in [-0.3, -0.25) is 0 Å². The number of aromatic nitrogens is 1. The molecule has 0 unspecified atom stereocenters. The molecule has 0 aliphatic rings. The number of rotatable bonds is 0. The maximum absolute atomic E-state index is 5.69. The highest BCUT2D eigenvalue weighted by Gasteiger charge is 2.00. The van der Waals surface area contributed by atoms with Crippen molar-refractivity contribution in [2.75, 3.05) is 11.5 Å². The lowest BCUT2D eigenvalue weighted by Crippen LogP contribution is -1.95. The molecular formula is C9H8N3. The van der Waals surface area contributed by atoms with Gasteiger partial charge in [-0.1, -0.05) is 12.1 Å². The molecule has 3 nitrogen and oxygen atoms in total. The lowest BCUT2D eigenvalue weighted by atomic mass is 10.1. The number of hydrogen-bond donors (Lipinski definition) is 2. The predicted molar refractivity (Wildman–Crippen MR) is 49.4 cm³/mol. The topological polar surface area (TPSA) is 64.9 Å². The van der Waals surface area contributed by atoms with E-state index in [9.17, 15) is 0 Å². The van der Waals surface area contributed by atoms with Gasteiger partial charge < -0.3 is 11.5 Å². The van der Waals surface area contributed by atoms with Crippen LogP contribution in [-0.2, 0) is 0 Å². The average molecular weight is 158 g/mol. The second kappa shape index (κ2) is 2.37. The summed E-state index contributed by atoms with van der Waals surface area (Å²) in [5.41, 5.74) is 12.0. The number of anilines is 2. The highest BCUT2D eigenvalue weighted by Crippen LogP contribution is 2.22. The van der Waals surface area contributed by atoms with Crippen molar-refractivity contribution in [3.05, 3.63) is 30.5 Å². The van der Waals surface area contributed by atoms with Crippen LogP contribution in [0, 0.1) is 6.07 Å². The quantitative estimate of drug-likeness (QED) is 0.605. The molecule has 1 aromatic carbocycles. The number of nitrogens with two attached hydrogens (primary N) is 2. The van der Waals surface area contributed by atoms with Crippen LogP contribution >= 0.6 is 0 Å². The number of benzene rings is 1. The first kappa shape index (κ1) is 6.91. The number of nitrogens with zero attached hydrogens (tertiary/aromatic N) is 1. The van der Waals surface area contributed by atoms with E-state index in [0.717, 1.165) is 10.8 Å². The van der Waals surface area contributed by atoms with Gasteiger partial charge in [-0.25, -0.2) is 4.98 Å². The van der Waals surface area contributed by atoms with Crippen LogP contribution in [0.4, 0.5) is 11.5 Å². The van der Waals surface area contributed by atoms with Crippen molar-refractivity contribution in [3.63, 3.8) is 0 Å². The molecule has 0 aliphatic heterocycles. The van der Waals surface area contributed by atoms with Gasteiger partial charge in [0.25, 0.3) is 0 Å². The van der Waals surface area contributed by atoms with Crippen molar-refractivity contribution >= 4 is 22.3 Å². The molecule has 0 spiro atoms. The van der Waals surface area contributed by atoms with Gasteiger partial charge in [-0.2, -0.15) is 0 Å². The third-order valence-electron chi connectivity index (χ3n) is 1.79. The second-order valence-corrected chi connectivity index (χ2v) is 2.57. The van der Waals surface area contributed by atoms with Crippen molar-refractivity contribution in [2.45, 2.75) is 0 Å². The third kappa shape index (κ3) is 0.871. The van der Waals surface area contributed by atoms with E-state index in [4.69, 9.17) is 11.5 Å². The molecule has 0 aliphatic carbocycles. The normalized spacial score (nSPS) is 10.3. The Morgan fingerprint density at radius 1 is 1.25 bits per heavy atom. The minimum absolute atomic E-state index is 0.496. The van der Waals surface area contributed by atoms with Crippen LogP contribution in [-0.4, -0.2) is 4.98 Å². The Labute approximate surface area is 70.0 Å². The van der Waals surface area contributed by atoms with Gasteiger partial charge >= 0.3 is 0 Å². The molecule has 3 heteroatoms. The summed E-state index contributed by atoms with van der Waals surface area (Å²) in [6.45, 7) is 0. The zero-order valence-corrected chi connectivity index (χ0v) is 6.41. The molecule has 1 heterocycles. The molecular weight excluding hydrogens is 150 g/mol. The second-order valence-electron chi connectivity index (χ2n) is 2.57. The highest BCUT2D eigenvalue weighted by atomic mass is 14.8. The molecule has 0 saturated heterocycles. The number of fused-ring (bicyclic) bond motifs is 1. The Balaban J connectivity index is 2.95. The Bertz CT molecular complexity index is 383. The minimum atomic E-state index is 0.496. The average Bonchev–Trinajstić information content (AvgIpc) is 2.12. The van der Waals surface area contributed by atoms with Crippen LogP contribution in [0.15, 0.2) is 24.4 Å². The maximum Gasteiger partial charge on any atom is 0.131 e. The van der Waals surface area contributed by atoms with E-state index >= 15 is 0 Å². The minimum Gasteiger partial charge on any atom is -0.397 e. The summed E-state index contributed by atoms with van der Waals surface area (Å²) in [7, 11) is 0. The maximum atomic E-state index is 5.69. The van der Waals surface area contributed by atoms with E-state index in [1.54, 1.807) is 18.3 Å². The number of nitrogen functional groups attached to an aromatic ring is 2. The fourth-order valence-electron chi connectivity index (χ4n) is 1.17. The lowest BCUT2D eigenvalue weighted by molar-refractivity contribution is 1.37. The van der Waals surface area contributed by atoms with E-state index in [1.165, 1.54) is 0 Å². The van der Waals surface area contributed by atoms with Crippen molar-refractivity contribution in [3.8, 4) is 0 Å². The Morgan fingerprint density at radius 3 is 2.83 bits per heavy atom. The zero-order chi connectivity index (χ0) is 8.55. The van der Waals surface area contributed by atoms with E-state index in [1.807, 2.05) is 6.07 Å². The molecule has 0 saturated carbocycles. The first-order valence-corrected chi connectivity index (χ1v) is 3.59. The summed E-state index contributed by atoms with van der Waals surface area (Å²) >= 11 is 0. The smallest absolute Gasteiger partial charge is 0.131 e. The van der Waals surface area contributed by atoms with Gasteiger partial charge in [0.1, 0.15) is 5.82 Å². The van der Waals surface area contributed by atoms with E-state index in [-0.39, 0.29) is 0 Å². The fourth-order valence-corrected chi connectivity index (χ4v) is 1.17.